The highest BCUT2D eigenvalue weighted by molar-refractivity contribution is 7.17. The molecule has 1 aliphatic carbocycles. The fraction of sp³-hybridized carbons (Fsp3) is 0.360. The predicted octanol–water partition coefficient (Wildman–Crippen LogP) is 5.67. The van der Waals surface area contributed by atoms with Crippen LogP contribution in [0.3, 0.4) is 0 Å². The Hall–Kier alpha value is -2.86. The molecule has 0 saturated carbocycles. The molecular weight excluding hydrogens is 408 g/mol. The number of nitrogens with one attached hydrogen (secondary N) is 2. The number of hydrogen-bond donors (Lipinski definition) is 2. The van der Waals surface area contributed by atoms with Crippen LogP contribution in [-0.4, -0.2) is 11.8 Å². The number of hydrogen-bond acceptors (Lipinski definition) is 4. The van der Waals surface area contributed by atoms with E-state index in [0.29, 0.717) is 23.0 Å². The summed E-state index contributed by atoms with van der Waals surface area (Å²) in [6, 6.07) is 13.1. The fourth-order valence-corrected chi connectivity index (χ4v) is 5.41. The van der Waals surface area contributed by atoms with E-state index >= 15 is 0 Å². The Morgan fingerprint density at radius 1 is 1.10 bits per heavy atom. The van der Waals surface area contributed by atoms with Gasteiger partial charge < -0.3 is 15.1 Å². The maximum Gasteiger partial charge on any atom is 0.291 e. The Morgan fingerprint density at radius 3 is 2.55 bits per heavy atom. The van der Waals surface area contributed by atoms with Gasteiger partial charge in [0, 0.05) is 11.4 Å². The Balaban J connectivity index is 1.62. The van der Waals surface area contributed by atoms with E-state index in [0.717, 1.165) is 30.4 Å². The zero-order chi connectivity index (χ0) is 22.0. The molecule has 6 heteroatoms. The van der Waals surface area contributed by atoms with Crippen LogP contribution in [0.1, 0.15) is 64.1 Å². The van der Waals surface area contributed by atoms with Gasteiger partial charge in [-0.15, -0.1) is 11.3 Å². The Labute approximate surface area is 186 Å². The molecule has 0 fully saturated rings. The van der Waals surface area contributed by atoms with Gasteiger partial charge in [0.05, 0.1) is 11.8 Å². The molecule has 1 aromatic carbocycles. The van der Waals surface area contributed by atoms with E-state index in [2.05, 4.69) is 31.4 Å². The van der Waals surface area contributed by atoms with Crippen molar-refractivity contribution in [3.05, 3.63) is 76.1 Å². The summed E-state index contributed by atoms with van der Waals surface area (Å²) in [6.07, 6.45) is 4.28. The van der Waals surface area contributed by atoms with Crippen molar-refractivity contribution < 1.29 is 14.0 Å². The maximum atomic E-state index is 13.2. The summed E-state index contributed by atoms with van der Waals surface area (Å²) in [5.74, 6) is 0.292. The van der Waals surface area contributed by atoms with Crippen molar-refractivity contribution in [3.63, 3.8) is 0 Å². The molecule has 2 amide bonds. The third-order valence-corrected chi connectivity index (χ3v) is 7.15. The highest BCUT2D eigenvalue weighted by Crippen LogP contribution is 2.44. The third-order valence-electron chi connectivity index (χ3n) is 5.99. The molecule has 0 bridgehead atoms. The highest BCUT2D eigenvalue weighted by atomic mass is 32.1. The first-order valence-corrected chi connectivity index (χ1v) is 11.5. The average molecular weight is 437 g/mol. The molecule has 2 heterocycles. The largest absolute Gasteiger partial charge is 0.459 e. The molecule has 0 radical (unpaired) electrons. The number of amides is 2. The zero-order valence-electron chi connectivity index (χ0n) is 18.2. The third kappa shape index (κ3) is 4.74. The lowest BCUT2D eigenvalue weighted by Crippen LogP contribution is -2.28. The molecule has 3 aromatic rings. The minimum Gasteiger partial charge on any atom is -0.459 e. The second-order valence-corrected chi connectivity index (χ2v) is 10.2. The fourth-order valence-electron chi connectivity index (χ4n) is 4.09. The Kier molecular flexibility index (Phi) is 6.01. The lowest BCUT2D eigenvalue weighted by Gasteiger charge is -2.33. The Morgan fingerprint density at radius 2 is 1.87 bits per heavy atom. The smallest absolute Gasteiger partial charge is 0.291 e. The molecule has 5 nitrogen and oxygen atoms in total. The summed E-state index contributed by atoms with van der Waals surface area (Å²) in [7, 11) is 0. The van der Waals surface area contributed by atoms with E-state index in [1.165, 1.54) is 22.5 Å². The number of anilines is 1. The second-order valence-electron chi connectivity index (χ2n) is 9.11. The standard InChI is InChI=1S/C25H28N2O3S/c1-25(2,3)17-11-12-18-20(14-17)31-24(27-22(28)19-10-7-13-30-19)21(18)23(29)26-15-16-8-5-4-6-9-16/h4-10,13,17H,11-12,14-15H2,1-3H3,(H,26,29)(H,27,28). The topological polar surface area (TPSA) is 71.3 Å². The highest BCUT2D eigenvalue weighted by Gasteiger charge is 2.34. The number of fused-ring (bicyclic) bond motifs is 1. The minimum absolute atomic E-state index is 0.148. The van der Waals surface area contributed by atoms with Crippen molar-refractivity contribution in [2.45, 2.75) is 46.6 Å². The van der Waals surface area contributed by atoms with Crippen LogP contribution >= 0.6 is 11.3 Å². The van der Waals surface area contributed by atoms with Crippen LogP contribution in [0.25, 0.3) is 0 Å². The van der Waals surface area contributed by atoms with Crippen molar-refractivity contribution in [3.8, 4) is 0 Å². The van der Waals surface area contributed by atoms with E-state index in [9.17, 15) is 9.59 Å². The quantitative estimate of drug-likeness (QED) is 0.541. The van der Waals surface area contributed by atoms with E-state index in [-0.39, 0.29) is 23.0 Å². The lowest BCUT2D eigenvalue weighted by atomic mass is 9.72. The van der Waals surface area contributed by atoms with Gasteiger partial charge in [-0.25, -0.2) is 0 Å². The molecule has 0 aliphatic heterocycles. The molecule has 0 saturated heterocycles. The van der Waals surface area contributed by atoms with Crippen LogP contribution in [0.15, 0.2) is 53.1 Å². The molecule has 31 heavy (non-hydrogen) atoms. The van der Waals surface area contributed by atoms with Crippen LogP contribution < -0.4 is 10.6 Å². The first kappa shape index (κ1) is 21.4. The van der Waals surface area contributed by atoms with Crippen LogP contribution in [-0.2, 0) is 19.4 Å². The number of carbonyl (C=O) groups excluding carboxylic acids is 2. The molecule has 1 unspecified atom stereocenters. The summed E-state index contributed by atoms with van der Waals surface area (Å²) < 4.78 is 5.23. The van der Waals surface area contributed by atoms with Crippen molar-refractivity contribution in [1.82, 2.24) is 5.32 Å². The lowest BCUT2D eigenvalue weighted by molar-refractivity contribution is 0.0950. The first-order chi connectivity index (χ1) is 14.8. The van der Waals surface area contributed by atoms with E-state index in [1.807, 2.05) is 30.3 Å². The van der Waals surface area contributed by atoms with Gasteiger partial charge in [0.25, 0.3) is 11.8 Å². The van der Waals surface area contributed by atoms with Crippen LogP contribution in [0, 0.1) is 11.3 Å². The predicted molar refractivity (Wildman–Crippen MR) is 124 cm³/mol. The van der Waals surface area contributed by atoms with Gasteiger partial charge >= 0.3 is 0 Å². The maximum absolute atomic E-state index is 13.2. The summed E-state index contributed by atoms with van der Waals surface area (Å²) in [5.41, 5.74) is 2.91. The SMILES string of the molecule is CC(C)(C)C1CCc2c(sc(NC(=O)c3ccco3)c2C(=O)NCc2ccccc2)C1. The van der Waals surface area contributed by atoms with E-state index < -0.39 is 0 Å². The summed E-state index contributed by atoms with van der Waals surface area (Å²) in [5, 5.41) is 6.57. The molecule has 1 atom stereocenters. The molecule has 4 rings (SSSR count). The van der Waals surface area contributed by atoms with Gasteiger partial charge in [-0.3, -0.25) is 9.59 Å². The van der Waals surface area contributed by atoms with Crippen molar-refractivity contribution in [1.29, 1.82) is 0 Å². The molecule has 2 N–H and O–H groups in total. The van der Waals surface area contributed by atoms with Crippen molar-refractivity contribution in [2.24, 2.45) is 11.3 Å². The van der Waals surface area contributed by atoms with E-state index in [4.69, 9.17) is 4.42 Å². The minimum atomic E-state index is -0.340. The zero-order valence-corrected chi connectivity index (χ0v) is 19.0. The number of carbonyl (C=O) groups is 2. The van der Waals surface area contributed by atoms with Gasteiger partial charge in [-0.1, -0.05) is 51.1 Å². The molecular formula is C25H28N2O3S. The first-order valence-electron chi connectivity index (χ1n) is 10.6. The van der Waals surface area contributed by atoms with Gasteiger partial charge in [0.15, 0.2) is 5.76 Å². The number of furan rings is 1. The average Bonchev–Trinajstić information content (AvgIpc) is 3.39. The molecule has 2 aromatic heterocycles. The van der Waals surface area contributed by atoms with Gasteiger partial charge in [-0.05, 0) is 53.9 Å². The summed E-state index contributed by atoms with van der Waals surface area (Å²) in [6.45, 7) is 7.25. The Bertz CT molecular complexity index is 1060. The molecule has 1 aliphatic rings. The number of thiophene rings is 1. The second kappa shape index (κ2) is 8.71. The van der Waals surface area contributed by atoms with Crippen molar-refractivity contribution in [2.75, 3.05) is 5.32 Å². The van der Waals surface area contributed by atoms with Gasteiger partial charge in [0.1, 0.15) is 5.00 Å². The summed E-state index contributed by atoms with van der Waals surface area (Å²) >= 11 is 1.52. The van der Waals surface area contributed by atoms with Crippen LogP contribution in [0.4, 0.5) is 5.00 Å². The van der Waals surface area contributed by atoms with Crippen LogP contribution in [0.5, 0.6) is 0 Å². The monoisotopic (exact) mass is 436 g/mol. The van der Waals surface area contributed by atoms with Gasteiger partial charge in [0.2, 0.25) is 0 Å². The van der Waals surface area contributed by atoms with Crippen molar-refractivity contribution >= 4 is 28.2 Å². The van der Waals surface area contributed by atoms with E-state index in [1.54, 1.807) is 12.1 Å². The number of rotatable bonds is 5. The molecule has 162 valence electrons. The molecule has 0 spiro atoms. The normalized spacial score (nSPS) is 15.9. The summed E-state index contributed by atoms with van der Waals surface area (Å²) in [4.78, 5) is 27.1. The van der Waals surface area contributed by atoms with Crippen LogP contribution in [0.2, 0.25) is 0 Å². The van der Waals surface area contributed by atoms with Gasteiger partial charge in [-0.2, -0.15) is 0 Å². The number of benzene rings is 1.